The molecule has 2 heterocycles. The van der Waals surface area contributed by atoms with Gasteiger partial charge in [-0.1, -0.05) is 12.1 Å². The number of fused-ring (bicyclic) bond motifs is 1. The summed E-state index contributed by atoms with van der Waals surface area (Å²) in [5, 5.41) is 14.5. The second-order valence-electron chi connectivity index (χ2n) is 6.18. The van der Waals surface area contributed by atoms with Gasteiger partial charge in [-0.3, -0.25) is 19.7 Å². The third kappa shape index (κ3) is 4.08. The molecule has 8 nitrogen and oxygen atoms in total. The summed E-state index contributed by atoms with van der Waals surface area (Å²) in [7, 11) is 3.58. The Labute approximate surface area is 155 Å². The number of rotatable bonds is 5. The van der Waals surface area contributed by atoms with Gasteiger partial charge in [0.25, 0.3) is 5.56 Å². The quantitative estimate of drug-likeness (QED) is 0.274. The molecule has 2 aromatic heterocycles. The minimum Gasteiger partial charge on any atom is -0.374 e. The summed E-state index contributed by atoms with van der Waals surface area (Å²) in [5.41, 5.74) is 2.29. The molecule has 0 saturated heterocycles. The molecule has 1 unspecified atom stereocenters. The number of hydrogen-bond acceptors (Lipinski definition) is 7. The Morgan fingerprint density at radius 2 is 2.04 bits per heavy atom. The number of nitrogens with two attached hydrogens (primary N) is 1. The zero-order valence-electron chi connectivity index (χ0n) is 15.0. The zero-order valence-corrected chi connectivity index (χ0v) is 15.0. The molecule has 0 saturated carbocycles. The van der Waals surface area contributed by atoms with E-state index in [9.17, 15) is 9.90 Å². The summed E-state index contributed by atoms with van der Waals surface area (Å²) >= 11 is 0. The smallest absolute Gasteiger partial charge is 0.258 e. The van der Waals surface area contributed by atoms with Crippen molar-refractivity contribution in [2.75, 3.05) is 14.1 Å². The highest BCUT2D eigenvalue weighted by Gasteiger charge is 2.10. The van der Waals surface area contributed by atoms with Crippen LogP contribution >= 0.6 is 0 Å². The van der Waals surface area contributed by atoms with Gasteiger partial charge in [-0.15, -0.1) is 0 Å². The van der Waals surface area contributed by atoms with Crippen molar-refractivity contribution >= 4 is 28.5 Å². The molecular formula is C19H20N6O2. The lowest BCUT2D eigenvalue weighted by molar-refractivity contribution is 0.0395. The van der Waals surface area contributed by atoms with Gasteiger partial charge in [-0.2, -0.15) is 5.10 Å². The number of nitrogens with zero attached hydrogens (tertiary/aromatic N) is 4. The Morgan fingerprint density at radius 1 is 1.30 bits per heavy atom. The standard InChI is InChI=1S/C19H20N6O2/c1-25(2)19(27)12-3-5-14(6-4-12)22-11-17(24-20)15-9-13-7-8-21-10-16(13)23-18(15)26/h3-11,19,27H,20H2,1-2H3,(H,23,26). The van der Waals surface area contributed by atoms with E-state index < -0.39 is 6.23 Å². The maximum absolute atomic E-state index is 12.3. The summed E-state index contributed by atoms with van der Waals surface area (Å²) < 4.78 is 0. The molecular weight excluding hydrogens is 344 g/mol. The van der Waals surface area contributed by atoms with E-state index in [1.54, 1.807) is 67.8 Å². The lowest BCUT2D eigenvalue weighted by atomic mass is 10.1. The van der Waals surface area contributed by atoms with Crippen LogP contribution < -0.4 is 11.4 Å². The van der Waals surface area contributed by atoms with Crippen LogP contribution in [0.3, 0.4) is 0 Å². The van der Waals surface area contributed by atoms with Gasteiger partial charge in [0.1, 0.15) is 11.9 Å². The number of hydrazone groups is 1. The average Bonchev–Trinajstić information content (AvgIpc) is 2.68. The highest BCUT2D eigenvalue weighted by Crippen LogP contribution is 2.19. The number of benzene rings is 1. The topological polar surface area (TPSA) is 120 Å². The summed E-state index contributed by atoms with van der Waals surface area (Å²) in [4.78, 5) is 25.1. The van der Waals surface area contributed by atoms with E-state index >= 15 is 0 Å². The Hall–Kier alpha value is -3.36. The average molecular weight is 364 g/mol. The van der Waals surface area contributed by atoms with Gasteiger partial charge in [0.15, 0.2) is 0 Å². The molecule has 138 valence electrons. The number of aliphatic imine (C=N–C) groups is 1. The minimum atomic E-state index is -0.685. The van der Waals surface area contributed by atoms with Crippen LogP contribution in [0.15, 0.2) is 63.7 Å². The molecule has 0 amide bonds. The molecule has 1 aromatic carbocycles. The molecule has 27 heavy (non-hydrogen) atoms. The van der Waals surface area contributed by atoms with Crippen LogP contribution in [0, 0.1) is 0 Å². The molecule has 0 bridgehead atoms. The van der Waals surface area contributed by atoms with Gasteiger partial charge in [-0.05, 0) is 43.9 Å². The predicted molar refractivity (Wildman–Crippen MR) is 106 cm³/mol. The van der Waals surface area contributed by atoms with Gasteiger partial charge in [-0.25, -0.2) is 0 Å². The Kier molecular flexibility index (Phi) is 5.39. The van der Waals surface area contributed by atoms with E-state index in [1.165, 1.54) is 6.21 Å². The minimum absolute atomic E-state index is 0.257. The molecule has 0 aliphatic rings. The number of H-pyrrole nitrogens is 1. The first kappa shape index (κ1) is 18.4. The van der Waals surface area contributed by atoms with Gasteiger partial charge in [0.2, 0.25) is 0 Å². The van der Waals surface area contributed by atoms with Crippen molar-refractivity contribution in [1.82, 2.24) is 14.9 Å². The highest BCUT2D eigenvalue weighted by atomic mass is 16.3. The second kappa shape index (κ2) is 7.90. The van der Waals surface area contributed by atoms with E-state index in [-0.39, 0.29) is 11.3 Å². The van der Waals surface area contributed by atoms with Crippen molar-refractivity contribution in [2.24, 2.45) is 15.9 Å². The van der Waals surface area contributed by atoms with E-state index in [4.69, 9.17) is 5.84 Å². The summed E-state index contributed by atoms with van der Waals surface area (Å²) in [6.07, 6.45) is 3.98. The molecule has 0 aliphatic heterocycles. The first-order chi connectivity index (χ1) is 13.0. The van der Waals surface area contributed by atoms with Crippen LogP contribution in [0.2, 0.25) is 0 Å². The van der Waals surface area contributed by atoms with Crippen LogP contribution in [0.1, 0.15) is 17.4 Å². The number of aliphatic hydroxyl groups is 1. The molecule has 0 spiro atoms. The Morgan fingerprint density at radius 3 is 2.70 bits per heavy atom. The van der Waals surface area contributed by atoms with E-state index in [0.29, 0.717) is 16.8 Å². The fourth-order valence-electron chi connectivity index (χ4n) is 2.58. The van der Waals surface area contributed by atoms with Crippen LogP contribution in [0.5, 0.6) is 0 Å². The number of pyridine rings is 2. The van der Waals surface area contributed by atoms with Gasteiger partial charge in [0, 0.05) is 11.6 Å². The number of aromatic nitrogens is 2. The molecule has 4 N–H and O–H groups in total. The van der Waals surface area contributed by atoms with Crippen LogP contribution in [0.4, 0.5) is 5.69 Å². The molecule has 0 aliphatic carbocycles. The van der Waals surface area contributed by atoms with Crippen LogP contribution in [-0.4, -0.2) is 46.0 Å². The number of nitrogens with one attached hydrogen (secondary N) is 1. The number of aromatic amines is 1. The van der Waals surface area contributed by atoms with Crippen LogP contribution in [-0.2, 0) is 0 Å². The van der Waals surface area contributed by atoms with Crippen LogP contribution in [0.25, 0.3) is 10.9 Å². The zero-order chi connectivity index (χ0) is 19.4. The summed E-state index contributed by atoms with van der Waals surface area (Å²) in [6.45, 7) is 0. The molecule has 8 heteroatoms. The monoisotopic (exact) mass is 364 g/mol. The van der Waals surface area contributed by atoms with Crippen molar-refractivity contribution in [3.63, 3.8) is 0 Å². The van der Waals surface area contributed by atoms with Crippen molar-refractivity contribution in [3.8, 4) is 0 Å². The molecule has 0 radical (unpaired) electrons. The van der Waals surface area contributed by atoms with Gasteiger partial charge >= 0.3 is 0 Å². The predicted octanol–water partition coefficient (Wildman–Crippen LogP) is 1.54. The van der Waals surface area contributed by atoms with E-state index in [0.717, 1.165) is 10.9 Å². The second-order valence-corrected chi connectivity index (χ2v) is 6.18. The van der Waals surface area contributed by atoms with Crippen molar-refractivity contribution in [1.29, 1.82) is 0 Å². The molecule has 3 rings (SSSR count). The first-order valence-corrected chi connectivity index (χ1v) is 8.23. The number of aliphatic hydroxyl groups excluding tert-OH is 1. The highest BCUT2D eigenvalue weighted by molar-refractivity contribution is 6.38. The fourth-order valence-corrected chi connectivity index (χ4v) is 2.58. The Bertz CT molecular complexity index is 1050. The SMILES string of the molecule is CN(C)C(O)c1ccc(N=CC(=NN)c2cc3ccncc3[nH]c2=O)cc1. The maximum atomic E-state index is 12.3. The van der Waals surface area contributed by atoms with Crippen molar-refractivity contribution in [2.45, 2.75) is 6.23 Å². The number of hydrogen-bond donors (Lipinski definition) is 3. The normalized spacial score (nSPS) is 13.6. The van der Waals surface area contributed by atoms with E-state index in [1.807, 2.05) is 0 Å². The van der Waals surface area contributed by atoms with Crippen molar-refractivity contribution < 1.29 is 5.11 Å². The first-order valence-electron chi connectivity index (χ1n) is 8.23. The lowest BCUT2D eigenvalue weighted by Gasteiger charge is -2.18. The van der Waals surface area contributed by atoms with E-state index in [2.05, 4.69) is 20.1 Å². The van der Waals surface area contributed by atoms with Gasteiger partial charge < -0.3 is 15.9 Å². The summed E-state index contributed by atoms with van der Waals surface area (Å²) in [5.74, 6) is 5.47. The largest absolute Gasteiger partial charge is 0.374 e. The van der Waals surface area contributed by atoms with Crippen molar-refractivity contribution in [3.05, 3.63) is 70.3 Å². The summed E-state index contributed by atoms with van der Waals surface area (Å²) in [6, 6.07) is 10.6. The molecule has 1 atom stereocenters. The fraction of sp³-hybridized carbons (Fsp3) is 0.158. The molecule has 3 aromatic rings. The third-order valence-corrected chi connectivity index (χ3v) is 4.08. The van der Waals surface area contributed by atoms with Gasteiger partial charge in [0.05, 0.1) is 29.2 Å². The Balaban J connectivity index is 1.87. The maximum Gasteiger partial charge on any atom is 0.258 e. The molecule has 0 fully saturated rings. The third-order valence-electron chi connectivity index (χ3n) is 4.08. The lowest BCUT2D eigenvalue weighted by Crippen LogP contribution is -2.20.